The van der Waals surface area contributed by atoms with Crippen LogP contribution in [-0.2, 0) is 4.74 Å². The third-order valence-electron chi connectivity index (χ3n) is 3.60. The molecule has 4 heteroatoms. The molecule has 0 aliphatic heterocycles. The third-order valence-corrected chi connectivity index (χ3v) is 4.54. The summed E-state index contributed by atoms with van der Waals surface area (Å²) >= 11 is 1.71. The van der Waals surface area contributed by atoms with Gasteiger partial charge in [-0.25, -0.2) is 4.98 Å². The van der Waals surface area contributed by atoms with Gasteiger partial charge in [0.05, 0.1) is 22.0 Å². The van der Waals surface area contributed by atoms with Crippen molar-refractivity contribution < 1.29 is 4.74 Å². The molecule has 1 N–H and O–H groups in total. The number of benzene rings is 1. The molecule has 0 aliphatic carbocycles. The zero-order valence-corrected chi connectivity index (χ0v) is 13.2. The summed E-state index contributed by atoms with van der Waals surface area (Å²) in [7, 11) is 0. The zero-order valence-electron chi connectivity index (χ0n) is 12.4. The van der Waals surface area contributed by atoms with E-state index in [4.69, 9.17) is 9.72 Å². The van der Waals surface area contributed by atoms with Crippen molar-refractivity contribution in [3.05, 3.63) is 41.3 Å². The van der Waals surface area contributed by atoms with Crippen LogP contribution in [0.5, 0.6) is 0 Å². The van der Waals surface area contributed by atoms with Gasteiger partial charge in [0.2, 0.25) is 0 Å². The number of H-pyrrole nitrogens is 1. The van der Waals surface area contributed by atoms with E-state index in [2.05, 4.69) is 36.3 Å². The van der Waals surface area contributed by atoms with E-state index >= 15 is 0 Å². The van der Waals surface area contributed by atoms with E-state index in [0.717, 1.165) is 36.3 Å². The van der Waals surface area contributed by atoms with Gasteiger partial charge in [0, 0.05) is 12.2 Å². The topological polar surface area (TPSA) is 37.9 Å². The molecule has 110 valence electrons. The fourth-order valence-electron chi connectivity index (χ4n) is 2.39. The fraction of sp³-hybridized carbons (Fsp3) is 0.353. The highest BCUT2D eigenvalue weighted by Gasteiger charge is 2.16. The van der Waals surface area contributed by atoms with Crippen molar-refractivity contribution in [3.63, 3.8) is 0 Å². The van der Waals surface area contributed by atoms with Gasteiger partial charge in [-0.3, -0.25) is 0 Å². The Balaban J connectivity index is 1.87. The second-order valence-electron chi connectivity index (χ2n) is 5.17. The predicted molar refractivity (Wildman–Crippen MR) is 88.7 cm³/mol. The highest BCUT2D eigenvalue weighted by atomic mass is 32.1. The van der Waals surface area contributed by atoms with Crippen LogP contribution >= 0.6 is 11.3 Å². The molecule has 21 heavy (non-hydrogen) atoms. The van der Waals surface area contributed by atoms with Gasteiger partial charge >= 0.3 is 0 Å². The molecule has 0 saturated carbocycles. The lowest BCUT2D eigenvalue weighted by atomic mass is 10.1. The number of thiophene rings is 1. The van der Waals surface area contributed by atoms with E-state index in [9.17, 15) is 0 Å². The van der Waals surface area contributed by atoms with Gasteiger partial charge in [0.15, 0.2) is 0 Å². The maximum absolute atomic E-state index is 5.93. The van der Waals surface area contributed by atoms with Gasteiger partial charge in [0.1, 0.15) is 5.82 Å². The van der Waals surface area contributed by atoms with Crippen LogP contribution in [0, 0.1) is 0 Å². The molecular formula is C17H20N2OS. The van der Waals surface area contributed by atoms with Crippen LogP contribution in [0.1, 0.15) is 38.4 Å². The van der Waals surface area contributed by atoms with Crippen molar-refractivity contribution in [2.75, 3.05) is 6.61 Å². The molecule has 0 saturated heterocycles. The van der Waals surface area contributed by atoms with Crippen molar-refractivity contribution in [3.8, 4) is 10.7 Å². The maximum atomic E-state index is 5.93. The minimum Gasteiger partial charge on any atom is -0.374 e. The summed E-state index contributed by atoms with van der Waals surface area (Å²) in [5.74, 6) is 0.937. The number of hydrogen-bond acceptors (Lipinski definition) is 3. The van der Waals surface area contributed by atoms with Crippen LogP contribution in [0.4, 0.5) is 0 Å². The van der Waals surface area contributed by atoms with Crippen molar-refractivity contribution in [2.45, 2.75) is 32.8 Å². The summed E-state index contributed by atoms with van der Waals surface area (Å²) in [6, 6.07) is 10.3. The molecule has 3 rings (SSSR count). The second kappa shape index (κ2) is 6.41. The van der Waals surface area contributed by atoms with Crippen LogP contribution in [0.3, 0.4) is 0 Å². The Bertz CT molecular complexity index is 683. The lowest BCUT2D eigenvalue weighted by molar-refractivity contribution is 0.0643. The van der Waals surface area contributed by atoms with Gasteiger partial charge in [-0.05, 0) is 36.9 Å². The Morgan fingerprint density at radius 1 is 1.29 bits per heavy atom. The summed E-state index contributed by atoms with van der Waals surface area (Å²) in [5, 5.41) is 2.11. The zero-order chi connectivity index (χ0) is 14.7. The number of aromatic nitrogens is 2. The van der Waals surface area contributed by atoms with E-state index in [1.807, 2.05) is 18.2 Å². The number of imidazole rings is 1. The standard InChI is InChI=1S/C17H20N2OS/c1-3-4-10-20-12(2)13-9-11-21-16(13)17-18-14-7-5-6-8-15(14)19-17/h5-9,11-12H,3-4,10H2,1-2H3,(H,18,19)/t12-/m0/s1. The first-order chi connectivity index (χ1) is 10.3. The van der Waals surface area contributed by atoms with E-state index < -0.39 is 0 Å². The Labute approximate surface area is 129 Å². The van der Waals surface area contributed by atoms with Crippen LogP contribution in [0.15, 0.2) is 35.7 Å². The lowest BCUT2D eigenvalue weighted by Gasteiger charge is -2.13. The van der Waals surface area contributed by atoms with Crippen molar-refractivity contribution in [1.82, 2.24) is 9.97 Å². The first kappa shape index (κ1) is 14.3. The molecule has 0 unspecified atom stereocenters. The van der Waals surface area contributed by atoms with Crippen molar-refractivity contribution >= 4 is 22.4 Å². The van der Waals surface area contributed by atoms with Gasteiger partial charge in [-0.1, -0.05) is 25.5 Å². The number of unbranched alkanes of at least 4 members (excludes halogenated alkanes) is 1. The highest BCUT2D eigenvalue weighted by Crippen LogP contribution is 2.34. The van der Waals surface area contributed by atoms with Crippen molar-refractivity contribution in [1.29, 1.82) is 0 Å². The molecule has 3 aromatic rings. The molecule has 1 aromatic carbocycles. The van der Waals surface area contributed by atoms with E-state index in [1.54, 1.807) is 11.3 Å². The molecule has 2 aromatic heterocycles. The van der Waals surface area contributed by atoms with Gasteiger partial charge in [-0.2, -0.15) is 0 Å². The van der Waals surface area contributed by atoms with E-state index in [-0.39, 0.29) is 6.10 Å². The molecule has 0 aliphatic rings. The Morgan fingerprint density at radius 3 is 2.95 bits per heavy atom. The molecule has 2 heterocycles. The molecule has 3 nitrogen and oxygen atoms in total. The first-order valence-corrected chi connectivity index (χ1v) is 8.31. The minimum absolute atomic E-state index is 0.103. The Hall–Kier alpha value is -1.65. The van der Waals surface area contributed by atoms with Crippen LogP contribution < -0.4 is 0 Å². The summed E-state index contributed by atoms with van der Waals surface area (Å²) in [5.41, 5.74) is 3.30. The number of nitrogens with one attached hydrogen (secondary N) is 1. The second-order valence-corrected chi connectivity index (χ2v) is 6.09. The molecule has 0 spiro atoms. The number of rotatable bonds is 6. The molecule has 0 fully saturated rings. The van der Waals surface area contributed by atoms with Crippen LogP contribution in [0.2, 0.25) is 0 Å². The molecule has 0 amide bonds. The number of aromatic amines is 1. The summed E-state index contributed by atoms with van der Waals surface area (Å²) in [6.45, 7) is 5.11. The quantitative estimate of drug-likeness (QED) is 0.638. The maximum Gasteiger partial charge on any atom is 0.148 e. The number of fused-ring (bicyclic) bond motifs is 1. The smallest absolute Gasteiger partial charge is 0.148 e. The molecular weight excluding hydrogens is 280 g/mol. The fourth-order valence-corrected chi connectivity index (χ4v) is 3.32. The molecule has 1 atom stereocenters. The third kappa shape index (κ3) is 3.01. The van der Waals surface area contributed by atoms with E-state index in [1.165, 1.54) is 10.4 Å². The normalized spacial score (nSPS) is 12.9. The lowest BCUT2D eigenvalue weighted by Crippen LogP contribution is -2.01. The minimum atomic E-state index is 0.103. The summed E-state index contributed by atoms with van der Waals surface area (Å²) in [6.07, 6.45) is 2.37. The van der Waals surface area contributed by atoms with Crippen LogP contribution in [0.25, 0.3) is 21.7 Å². The number of ether oxygens (including phenoxy) is 1. The number of nitrogens with zero attached hydrogens (tertiary/aromatic N) is 1. The SMILES string of the molecule is CCCCO[C@@H](C)c1ccsc1-c1nc2ccccc2[nH]1. The van der Waals surface area contributed by atoms with E-state index in [0.29, 0.717) is 0 Å². The molecule has 0 bridgehead atoms. The largest absolute Gasteiger partial charge is 0.374 e. The van der Waals surface area contributed by atoms with Crippen LogP contribution in [-0.4, -0.2) is 16.6 Å². The summed E-state index contributed by atoms with van der Waals surface area (Å²) in [4.78, 5) is 9.27. The van der Waals surface area contributed by atoms with Gasteiger partial charge < -0.3 is 9.72 Å². The van der Waals surface area contributed by atoms with Crippen molar-refractivity contribution in [2.24, 2.45) is 0 Å². The Morgan fingerprint density at radius 2 is 2.14 bits per heavy atom. The highest BCUT2D eigenvalue weighted by molar-refractivity contribution is 7.13. The average molecular weight is 300 g/mol. The number of para-hydroxylation sites is 2. The number of hydrogen-bond donors (Lipinski definition) is 1. The van der Waals surface area contributed by atoms with Gasteiger partial charge in [0.25, 0.3) is 0 Å². The molecule has 0 radical (unpaired) electrons. The van der Waals surface area contributed by atoms with Gasteiger partial charge in [-0.15, -0.1) is 11.3 Å². The average Bonchev–Trinajstić information content (AvgIpc) is 3.13. The monoisotopic (exact) mass is 300 g/mol. The first-order valence-electron chi connectivity index (χ1n) is 7.43. The Kier molecular flexibility index (Phi) is 4.36. The predicted octanol–water partition coefficient (Wildman–Crippen LogP) is 5.17. The summed E-state index contributed by atoms with van der Waals surface area (Å²) < 4.78 is 5.93.